The smallest absolute Gasteiger partial charge is 0.256 e. The van der Waals surface area contributed by atoms with Crippen molar-refractivity contribution in [3.05, 3.63) is 64.4 Å². The van der Waals surface area contributed by atoms with Crippen LogP contribution in [0.15, 0.2) is 42.6 Å². The largest absolute Gasteiger partial charge is 0.352 e. The highest BCUT2D eigenvalue weighted by Gasteiger charge is 2.35. The van der Waals surface area contributed by atoms with E-state index in [-0.39, 0.29) is 11.8 Å². The number of nitrogens with one attached hydrogen (secondary N) is 1. The van der Waals surface area contributed by atoms with Gasteiger partial charge in [-0.1, -0.05) is 29.8 Å². The maximum atomic E-state index is 12.8. The molecule has 0 radical (unpaired) electrons. The number of pyridine rings is 1. The van der Waals surface area contributed by atoms with Gasteiger partial charge in [0.1, 0.15) is 6.04 Å². The molecule has 6 heteroatoms. The van der Waals surface area contributed by atoms with Crippen molar-refractivity contribution in [1.29, 1.82) is 0 Å². The lowest BCUT2D eigenvalue weighted by molar-refractivity contribution is -0.128. The minimum absolute atomic E-state index is 0.224. The van der Waals surface area contributed by atoms with Gasteiger partial charge in [-0.25, -0.2) is 0 Å². The first-order chi connectivity index (χ1) is 11.1. The Morgan fingerprint density at radius 2 is 2.09 bits per heavy atom. The number of hydrogen-bond acceptors (Lipinski definition) is 3. The molecule has 0 saturated carbocycles. The number of rotatable bonds is 2. The fourth-order valence-corrected chi connectivity index (χ4v) is 2.89. The van der Waals surface area contributed by atoms with Crippen LogP contribution in [-0.2, 0) is 4.79 Å². The molecule has 1 aliphatic rings. The van der Waals surface area contributed by atoms with Crippen molar-refractivity contribution in [2.75, 3.05) is 13.1 Å². The predicted molar refractivity (Wildman–Crippen MR) is 87.2 cm³/mol. The molecule has 1 N–H and O–H groups in total. The van der Waals surface area contributed by atoms with E-state index in [1.54, 1.807) is 41.3 Å². The zero-order valence-corrected chi connectivity index (χ0v) is 13.4. The molecule has 1 aliphatic heterocycles. The van der Waals surface area contributed by atoms with Gasteiger partial charge in [-0.2, -0.15) is 0 Å². The zero-order chi connectivity index (χ0) is 16.4. The number of nitrogens with zero attached hydrogens (tertiary/aromatic N) is 2. The third-order valence-electron chi connectivity index (χ3n) is 3.83. The minimum Gasteiger partial charge on any atom is -0.352 e. The highest BCUT2D eigenvalue weighted by molar-refractivity contribution is 6.31. The number of aryl methyl sites for hydroxylation is 1. The molecule has 0 bridgehead atoms. The summed E-state index contributed by atoms with van der Waals surface area (Å²) in [7, 11) is 0. The Morgan fingerprint density at radius 3 is 2.78 bits per heavy atom. The monoisotopic (exact) mass is 329 g/mol. The van der Waals surface area contributed by atoms with Crippen LogP contribution in [0, 0.1) is 6.92 Å². The maximum Gasteiger partial charge on any atom is 0.256 e. The van der Waals surface area contributed by atoms with E-state index in [0.29, 0.717) is 29.2 Å². The Morgan fingerprint density at radius 1 is 1.30 bits per heavy atom. The van der Waals surface area contributed by atoms with Crippen molar-refractivity contribution in [3.8, 4) is 0 Å². The van der Waals surface area contributed by atoms with Gasteiger partial charge in [-0.15, -0.1) is 0 Å². The summed E-state index contributed by atoms with van der Waals surface area (Å²) in [5, 5.41) is 3.26. The quantitative estimate of drug-likeness (QED) is 0.920. The fraction of sp³-hybridized carbons (Fsp3) is 0.235. The van der Waals surface area contributed by atoms with Crippen LogP contribution in [0.25, 0.3) is 0 Å². The van der Waals surface area contributed by atoms with Crippen LogP contribution < -0.4 is 5.32 Å². The van der Waals surface area contributed by atoms with Crippen molar-refractivity contribution in [3.63, 3.8) is 0 Å². The first-order valence-electron chi connectivity index (χ1n) is 7.33. The lowest BCUT2D eigenvalue weighted by Gasteiger charge is -2.35. The van der Waals surface area contributed by atoms with Gasteiger partial charge in [0, 0.05) is 35.6 Å². The Labute approximate surface area is 139 Å². The summed E-state index contributed by atoms with van der Waals surface area (Å²) >= 11 is 6.23. The lowest BCUT2D eigenvalue weighted by atomic mass is 10.0. The van der Waals surface area contributed by atoms with E-state index in [9.17, 15) is 9.59 Å². The molecule has 0 spiro atoms. The number of hydrogen-bond donors (Lipinski definition) is 1. The molecule has 1 aromatic carbocycles. The summed E-state index contributed by atoms with van der Waals surface area (Å²) in [5.41, 5.74) is 1.92. The average molecular weight is 330 g/mol. The molecule has 2 heterocycles. The Hall–Kier alpha value is -2.40. The lowest BCUT2D eigenvalue weighted by Crippen LogP contribution is -2.52. The van der Waals surface area contributed by atoms with Gasteiger partial charge in [-0.3, -0.25) is 14.6 Å². The molecular weight excluding hydrogens is 314 g/mol. The van der Waals surface area contributed by atoms with Crippen LogP contribution in [0.5, 0.6) is 0 Å². The van der Waals surface area contributed by atoms with E-state index in [1.807, 2.05) is 6.92 Å². The summed E-state index contributed by atoms with van der Waals surface area (Å²) in [6.07, 6.45) is 1.54. The number of benzene rings is 1. The topological polar surface area (TPSA) is 62.3 Å². The van der Waals surface area contributed by atoms with E-state index in [1.165, 1.54) is 6.20 Å². The molecule has 1 saturated heterocycles. The van der Waals surface area contributed by atoms with Crippen molar-refractivity contribution in [2.45, 2.75) is 13.0 Å². The molecule has 3 rings (SSSR count). The van der Waals surface area contributed by atoms with Crippen LogP contribution in [0.2, 0.25) is 5.02 Å². The molecule has 5 nitrogen and oxygen atoms in total. The average Bonchev–Trinajstić information content (AvgIpc) is 2.56. The first-order valence-corrected chi connectivity index (χ1v) is 7.71. The number of aromatic nitrogens is 1. The maximum absolute atomic E-state index is 12.8. The minimum atomic E-state index is -0.730. The van der Waals surface area contributed by atoms with Crippen LogP contribution >= 0.6 is 11.6 Å². The summed E-state index contributed by atoms with van der Waals surface area (Å²) in [6, 6.07) is 9.86. The molecule has 1 atom stereocenters. The number of halogens is 1. The number of piperazine rings is 1. The summed E-state index contributed by atoms with van der Waals surface area (Å²) < 4.78 is 0. The summed E-state index contributed by atoms with van der Waals surface area (Å²) in [4.78, 5) is 30.9. The van der Waals surface area contributed by atoms with E-state index < -0.39 is 6.04 Å². The Kier molecular flexibility index (Phi) is 4.30. The zero-order valence-electron chi connectivity index (χ0n) is 12.6. The van der Waals surface area contributed by atoms with Crippen LogP contribution in [-0.4, -0.2) is 34.8 Å². The van der Waals surface area contributed by atoms with Gasteiger partial charge in [0.25, 0.3) is 5.91 Å². The molecule has 2 aromatic rings. The molecule has 118 valence electrons. The van der Waals surface area contributed by atoms with E-state index in [4.69, 9.17) is 11.6 Å². The van der Waals surface area contributed by atoms with Gasteiger partial charge in [0.05, 0.1) is 5.56 Å². The number of carbonyl (C=O) groups is 2. The van der Waals surface area contributed by atoms with E-state index in [2.05, 4.69) is 10.3 Å². The van der Waals surface area contributed by atoms with Crippen LogP contribution in [0.4, 0.5) is 0 Å². The Bertz CT molecular complexity index is 746. The van der Waals surface area contributed by atoms with E-state index >= 15 is 0 Å². The van der Waals surface area contributed by atoms with Gasteiger partial charge < -0.3 is 10.2 Å². The number of amides is 2. The number of carbonyl (C=O) groups excluding carboxylic acids is 2. The van der Waals surface area contributed by atoms with Crippen molar-refractivity contribution in [2.24, 2.45) is 0 Å². The van der Waals surface area contributed by atoms with Gasteiger partial charge in [0.2, 0.25) is 5.91 Å². The molecule has 2 amide bonds. The van der Waals surface area contributed by atoms with Gasteiger partial charge in [0.15, 0.2) is 0 Å². The van der Waals surface area contributed by atoms with Crippen LogP contribution in [0.3, 0.4) is 0 Å². The van der Waals surface area contributed by atoms with E-state index in [0.717, 1.165) is 5.69 Å². The summed E-state index contributed by atoms with van der Waals surface area (Å²) in [6.45, 7) is 2.70. The van der Waals surface area contributed by atoms with Crippen LogP contribution in [0.1, 0.15) is 27.7 Å². The van der Waals surface area contributed by atoms with Crippen molar-refractivity contribution in [1.82, 2.24) is 15.2 Å². The Balaban J connectivity index is 1.98. The van der Waals surface area contributed by atoms with Crippen molar-refractivity contribution < 1.29 is 9.59 Å². The molecule has 0 aliphatic carbocycles. The molecule has 0 unspecified atom stereocenters. The molecule has 1 aromatic heterocycles. The highest BCUT2D eigenvalue weighted by atomic mass is 35.5. The van der Waals surface area contributed by atoms with Crippen molar-refractivity contribution >= 4 is 23.4 Å². The molecule has 23 heavy (non-hydrogen) atoms. The fourth-order valence-electron chi connectivity index (χ4n) is 2.65. The second-order valence-corrected chi connectivity index (χ2v) is 5.81. The second kappa shape index (κ2) is 6.38. The van der Waals surface area contributed by atoms with Gasteiger partial charge in [-0.05, 0) is 25.1 Å². The highest BCUT2D eigenvalue weighted by Crippen LogP contribution is 2.30. The first kappa shape index (κ1) is 15.5. The molecule has 1 fully saturated rings. The normalized spacial score (nSPS) is 17.7. The third-order valence-corrected chi connectivity index (χ3v) is 4.18. The SMILES string of the molecule is Cc1ccc(C(=O)N2CCNC(=O)[C@@H]2c2ccccc2Cl)cn1. The summed E-state index contributed by atoms with van der Waals surface area (Å²) in [5.74, 6) is -0.449. The third kappa shape index (κ3) is 3.05. The second-order valence-electron chi connectivity index (χ2n) is 5.40. The molecular formula is C17H16ClN3O2. The van der Waals surface area contributed by atoms with Gasteiger partial charge >= 0.3 is 0 Å². The standard InChI is InChI=1S/C17H16ClN3O2/c1-11-6-7-12(10-20-11)17(23)21-9-8-19-16(22)15(21)13-4-2-3-5-14(13)18/h2-7,10,15H,8-9H2,1H3,(H,19,22)/t15-/m0/s1. The predicted octanol–water partition coefficient (Wildman–Crippen LogP) is 2.36.